The van der Waals surface area contributed by atoms with E-state index in [4.69, 9.17) is 0 Å². The van der Waals surface area contributed by atoms with E-state index in [1.54, 1.807) is 0 Å². The van der Waals surface area contributed by atoms with Crippen LogP contribution in [0.5, 0.6) is 0 Å². The molecule has 1 aliphatic carbocycles. The second kappa shape index (κ2) is 16.0. The summed E-state index contributed by atoms with van der Waals surface area (Å²) in [4.78, 5) is 0. The predicted octanol–water partition coefficient (Wildman–Crippen LogP) is 2.57. The van der Waals surface area contributed by atoms with Crippen LogP contribution < -0.4 is 0 Å². The summed E-state index contributed by atoms with van der Waals surface area (Å²) in [6.45, 7) is 0. The number of hydrogen-bond acceptors (Lipinski definition) is 0. The molecule has 0 nitrogen and oxygen atoms in total. The summed E-state index contributed by atoms with van der Waals surface area (Å²) < 4.78 is 0. The van der Waals surface area contributed by atoms with E-state index >= 15 is 0 Å². The first-order valence-corrected chi connectivity index (χ1v) is 1.72. The molecule has 0 heterocycles. The average molecular weight is 222 g/mol. The fraction of sp³-hybridized carbons (Fsp3) is 0.200. The van der Waals surface area contributed by atoms with Crippen LogP contribution in [0.15, 0.2) is 18.2 Å². The molecule has 0 amide bonds. The van der Waals surface area contributed by atoms with E-state index in [1.165, 1.54) is 0 Å². The molecule has 1 rings (SSSR count). The van der Waals surface area contributed by atoms with Crippen molar-refractivity contribution in [1.29, 1.82) is 0 Å². The fourth-order valence-electron chi connectivity index (χ4n) is 0.340. The largest absolute Gasteiger partial charge is 0.273 e. The van der Waals surface area contributed by atoms with Gasteiger partial charge in [-0.2, -0.15) is 6.08 Å². The Morgan fingerprint density at radius 1 is 1.11 bits per heavy atom. The zero-order chi connectivity index (χ0) is 3.54. The Balaban J connectivity index is -0.0000000312. The molecule has 0 aromatic rings. The van der Waals surface area contributed by atoms with Crippen LogP contribution in [0.25, 0.3) is 0 Å². The molecule has 0 bridgehead atoms. The van der Waals surface area contributed by atoms with Gasteiger partial charge in [0.25, 0.3) is 0 Å². The van der Waals surface area contributed by atoms with Gasteiger partial charge in [0.05, 0.1) is 0 Å². The van der Waals surface area contributed by atoms with Gasteiger partial charge < -0.3 is 0 Å². The minimum absolute atomic E-state index is 0. The van der Waals surface area contributed by atoms with Crippen molar-refractivity contribution in [3.05, 3.63) is 24.3 Å². The van der Waals surface area contributed by atoms with Crippen LogP contribution in [0.2, 0.25) is 0 Å². The SMILES string of the molecule is Cl.Cl.Cl.[C-]1=CC=CC1.[Ti]. The summed E-state index contributed by atoms with van der Waals surface area (Å²) in [7, 11) is 0. The molecular formula is C5H8Cl3Ti-. The zero-order valence-corrected chi connectivity index (χ0v) is 8.67. The fourth-order valence-corrected chi connectivity index (χ4v) is 0.340. The minimum Gasteiger partial charge on any atom is -0.273 e. The normalized spacial score (nSPS) is 9.78. The van der Waals surface area contributed by atoms with Crippen molar-refractivity contribution < 1.29 is 21.7 Å². The van der Waals surface area contributed by atoms with Crippen LogP contribution in [-0.4, -0.2) is 0 Å². The van der Waals surface area contributed by atoms with Gasteiger partial charge in [-0.1, -0.05) is 0 Å². The quantitative estimate of drug-likeness (QED) is 0.436. The van der Waals surface area contributed by atoms with Crippen molar-refractivity contribution >= 4 is 37.2 Å². The molecule has 0 fully saturated rings. The number of rotatable bonds is 0. The van der Waals surface area contributed by atoms with Gasteiger partial charge in [0.1, 0.15) is 0 Å². The Bertz CT molecular complexity index is 70.3. The van der Waals surface area contributed by atoms with Crippen LogP contribution in [0, 0.1) is 6.08 Å². The van der Waals surface area contributed by atoms with Gasteiger partial charge in [-0.15, -0.1) is 43.6 Å². The Morgan fingerprint density at radius 2 is 1.67 bits per heavy atom. The van der Waals surface area contributed by atoms with Crippen molar-refractivity contribution in [2.45, 2.75) is 6.42 Å². The molecule has 0 spiro atoms. The third-order valence-corrected chi connectivity index (χ3v) is 0.586. The summed E-state index contributed by atoms with van der Waals surface area (Å²) >= 11 is 0. The van der Waals surface area contributed by atoms with E-state index in [2.05, 4.69) is 12.2 Å². The number of halogens is 3. The van der Waals surface area contributed by atoms with Crippen LogP contribution in [0.1, 0.15) is 6.42 Å². The molecule has 0 aliphatic heterocycles. The van der Waals surface area contributed by atoms with E-state index in [9.17, 15) is 0 Å². The van der Waals surface area contributed by atoms with Gasteiger partial charge >= 0.3 is 0 Å². The van der Waals surface area contributed by atoms with Crippen molar-refractivity contribution in [1.82, 2.24) is 0 Å². The van der Waals surface area contributed by atoms with Gasteiger partial charge in [0.2, 0.25) is 0 Å². The van der Waals surface area contributed by atoms with Gasteiger partial charge in [0, 0.05) is 21.7 Å². The number of hydrogen-bond donors (Lipinski definition) is 0. The molecule has 0 aromatic carbocycles. The molecule has 4 heteroatoms. The summed E-state index contributed by atoms with van der Waals surface area (Å²) in [5.74, 6) is 0. The van der Waals surface area contributed by atoms with Gasteiger partial charge in [-0.05, 0) is 0 Å². The van der Waals surface area contributed by atoms with Gasteiger partial charge in [0.15, 0.2) is 0 Å². The molecule has 0 unspecified atom stereocenters. The zero-order valence-electron chi connectivity index (χ0n) is 4.66. The second-order valence-corrected chi connectivity index (χ2v) is 1.00. The molecule has 0 atom stereocenters. The second-order valence-electron chi connectivity index (χ2n) is 1.00. The van der Waals surface area contributed by atoms with Crippen LogP contribution in [0.4, 0.5) is 0 Å². The van der Waals surface area contributed by atoms with E-state index < -0.39 is 0 Å². The Hall–Kier alpha value is 1.06. The molecule has 54 valence electrons. The summed E-state index contributed by atoms with van der Waals surface area (Å²) in [6, 6.07) is 0. The first-order valence-electron chi connectivity index (χ1n) is 1.72. The van der Waals surface area contributed by atoms with Crippen molar-refractivity contribution in [3.63, 3.8) is 0 Å². The van der Waals surface area contributed by atoms with Crippen LogP contribution >= 0.6 is 37.2 Å². The van der Waals surface area contributed by atoms with Gasteiger partial charge in [-0.3, -0.25) is 6.08 Å². The molecule has 0 radical (unpaired) electrons. The van der Waals surface area contributed by atoms with E-state index in [0.29, 0.717) is 0 Å². The predicted molar refractivity (Wildman–Crippen MR) is 43.3 cm³/mol. The molecular weight excluding hydrogens is 214 g/mol. The smallest absolute Gasteiger partial charge is 0 e. The van der Waals surface area contributed by atoms with E-state index in [-0.39, 0.29) is 58.9 Å². The monoisotopic (exact) mass is 221 g/mol. The maximum absolute atomic E-state index is 2.99. The standard InChI is InChI=1S/C5H5.3ClH.Ti/c1-2-4-5-3-1;;;;/h1-3H,4H2;3*1H;/q-1;;;;. The van der Waals surface area contributed by atoms with Crippen molar-refractivity contribution in [3.8, 4) is 0 Å². The summed E-state index contributed by atoms with van der Waals surface area (Å²) in [5, 5.41) is 0. The third kappa shape index (κ3) is 12.3. The minimum atomic E-state index is 0. The van der Waals surface area contributed by atoms with Gasteiger partial charge in [-0.25, -0.2) is 12.2 Å². The number of allylic oxidation sites excluding steroid dienone is 4. The molecule has 0 saturated heterocycles. The van der Waals surface area contributed by atoms with Crippen molar-refractivity contribution in [2.24, 2.45) is 0 Å². The maximum atomic E-state index is 2.99. The third-order valence-electron chi connectivity index (χ3n) is 0.586. The maximum Gasteiger partial charge on any atom is 0 e. The molecule has 0 N–H and O–H groups in total. The Kier molecular flexibility index (Phi) is 40.0. The average Bonchev–Trinajstić information content (AvgIpc) is 1.76. The van der Waals surface area contributed by atoms with Crippen LogP contribution in [-0.2, 0) is 21.7 Å². The van der Waals surface area contributed by atoms with E-state index in [0.717, 1.165) is 6.42 Å². The van der Waals surface area contributed by atoms with Crippen LogP contribution in [0.3, 0.4) is 0 Å². The summed E-state index contributed by atoms with van der Waals surface area (Å²) in [5.41, 5.74) is 0. The Morgan fingerprint density at radius 3 is 1.78 bits per heavy atom. The Labute approximate surface area is 89.3 Å². The topological polar surface area (TPSA) is 0 Å². The first-order chi connectivity index (χ1) is 2.50. The molecule has 0 aromatic heterocycles. The first kappa shape index (κ1) is 22.5. The van der Waals surface area contributed by atoms with E-state index in [1.807, 2.05) is 12.2 Å². The molecule has 9 heavy (non-hydrogen) atoms. The molecule has 0 saturated carbocycles. The summed E-state index contributed by atoms with van der Waals surface area (Å²) in [6.07, 6.45) is 10.0. The molecule has 1 aliphatic rings. The van der Waals surface area contributed by atoms with Crippen molar-refractivity contribution in [2.75, 3.05) is 0 Å².